The molecular formula is C20H22ClFN4O4S. The lowest BCUT2D eigenvalue weighted by molar-refractivity contribution is -0.118. The number of carbonyl (C=O) groups excluding carboxylic acids is 1. The van der Waals surface area contributed by atoms with Crippen LogP contribution < -0.4 is 19.7 Å². The molecule has 0 aromatic heterocycles. The van der Waals surface area contributed by atoms with Crippen molar-refractivity contribution in [3.63, 3.8) is 0 Å². The van der Waals surface area contributed by atoms with Gasteiger partial charge in [0.15, 0.2) is 6.61 Å². The number of hydrogen-bond donors (Lipinski definition) is 2. The first-order valence-electron chi connectivity index (χ1n) is 9.81. The number of nitrogens with one attached hydrogen (secondary N) is 2. The monoisotopic (exact) mass is 468 g/mol. The van der Waals surface area contributed by atoms with Crippen LogP contribution >= 0.6 is 11.6 Å². The van der Waals surface area contributed by atoms with Crippen molar-refractivity contribution in [3.8, 4) is 5.75 Å². The van der Waals surface area contributed by atoms with Crippen molar-refractivity contribution in [2.45, 2.75) is 4.90 Å². The van der Waals surface area contributed by atoms with Crippen molar-refractivity contribution in [1.29, 1.82) is 0 Å². The molecule has 2 aliphatic rings. The predicted molar refractivity (Wildman–Crippen MR) is 116 cm³/mol. The van der Waals surface area contributed by atoms with Crippen LogP contribution in [0.4, 0.5) is 15.8 Å². The first-order valence-corrected chi connectivity index (χ1v) is 11.7. The zero-order valence-electron chi connectivity index (χ0n) is 16.6. The van der Waals surface area contributed by atoms with Crippen molar-refractivity contribution in [2.75, 3.05) is 56.1 Å². The number of nitrogens with zero attached hydrogens (tertiary/aromatic N) is 2. The van der Waals surface area contributed by atoms with E-state index in [-0.39, 0.29) is 40.5 Å². The second kappa shape index (κ2) is 8.99. The number of carbonyl (C=O) groups is 1. The van der Waals surface area contributed by atoms with Crippen molar-refractivity contribution in [3.05, 3.63) is 47.2 Å². The fourth-order valence-corrected chi connectivity index (χ4v) is 5.19. The van der Waals surface area contributed by atoms with Gasteiger partial charge in [0.05, 0.1) is 16.4 Å². The SMILES string of the molecule is O=C1COc2cc(S(=O)(=O)NCCN3CCN(c4ccccc4F)CC3)c(Cl)cc2N1. The summed E-state index contributed by atoms with van der Waals surface area (Å²) < 4.78 is 47.2. The molecule has 31 heavy (non-hydrogen) atoms. The molecular weight excluding hydrogens is 447 g/mol. The Labute approximate surface area is 185 Å². The van der Waals surface area contributed by atoms with Gasteiger partial charge < -0.3 is 15.0 Å². The van der Waals surface area contributed by atoms with Crippen LogP contribution in [0.3, 0.4) is 0 Å². The number of rotatable bonds is 6. The first-order chi connectivity index (χ1) is 14.8. The standard InChI is InChI=1S/C20H22ClFN4O4S/c21-14-11-16-18(30-13-20(27)24-16)12-19(14)31(28,29)23-5-6-25-7-9-26(10-8-25)17-4-2-1-3-15(17)22/h1-4,11-12,23H,5-10,13H2,(H,24,27). The summed E-state index contributed by atoms with van der Waals surface area (Å²) in [6.45, 7) is 3.25. The van der Waals surface area contributed by atoms with Gasteiger partial charge in [0.2, 0.25) is 10.0 Å². The third-order valence-corrected chi connectivity index (χ3v) is 7.17. The lowest BCUT2D eigenvalue weighted by Gasteiger charge is -2.36. The smallest absolute Gasteiger partial charge is 0.262 e. The summed E-state index contributed by atoms with van der Waals surface area (Å²) in [5.74, 6) is -0.310. The van der Waals surface area contributed by atoms with Gasteiger partial charge in [-0.05, 0) is 18.2 Å². The van der Waals surface area contributed by atoms with E-state index in [1.807, 2.05) is 11.0 Å². The molecule has 11 heteroatoms. The van der Waals surface area contributed by atoms with Crippen LogP contribution in [0.15, 0.2) is 41.3 Å². The van der Waals surface area contributed by atoms with Crippen molar-refractivity contribution >= 4 is 38.9 Å². The summed E-state index contributed by atoms with van der Waals surface area (Å²) in [4.78, 5) is 15.4. The Balaban J connectivity index is 1.32. The van der Waals surface area contributed by atoms with Crippen LogP contribution in [-0.2, 0) is 14.8 Å². The number of hydrogen-bond acceptors (Lipinski definition) is 6. The van der Waals surface area contributed by atoms with Crippen LogP contribution in [0.1, 0.15) is 0 Å². The Kier molecular flexibility index (Phi) is 6.33. The number of para-hydroxylation sites is 1. The molecule has 0 radical (unpaired) electrons. The number of fused-ring (bicyclic) bond motifs is 1. The highest BCUT2D eigenvalue weighted by molar-refractivity contribution is 7.89. The molecule has 2 aromatic rings. The Morgan fingerprint density at radius 2 is 1.90 bits per heavy atom. The molecule has 1 fully saturated rings. The maximum absolute atomic E-state index is 14.0. The van der Waals surface area contributed by atoms with Gasteiger partial charge in [0, 0.05) is 45.3 Å². The van der Waals surface area contributed by atoms with Gasteiger partial charge in [-0.25, -0.2) is 17.5 Å². The predicted octanol–water partition coefficient (Wildman–Crippen LogP) is 1.91. The molecule has 0 saturated carbocycles. The third kappa shape index (κ3) is 4.93. The van der Waals surface area contributed by atoms with Crippen LogP contribution in [0.25, 0.3) is 0 Å². The average molecular weight is 469 g/mol. The molecule has 4 rings (SSSR count). The molecule has 0 atom stereocenters. The number of anilines is 2. The zero-order valence-corrected chi connectivity index (χ0v) is 18.2. The minimum Gasteiger partial charge on any atom is -0.482 e. The largest absolute Gasteiger partial charge is 0.482 e. The third-order valence-electron chi connectivity index (χ3n) is 5.24. The fraction of sp³-hybridized carbons (Fsp3) is 0.350. The maximum atomic E-state index is 14.0. The van der Waals surface area contributed by atoms with Crippen molar-refractivity contribution in [1.82, 2.24) is 9.62 Å². The molecule has 166 valence electrons. The summed E-state index contributed by atoms with van der Waals surface area (Å²) in [5, 5.41) is 2.58. The summed E-state index contributed by atoms with van der Waals surface area (Å²) >= 11 is 6.14. The molecule has 2 heterocycles. The van der Waals surface area contributed by atoms with E-state index in [4.69, 9.17) is 16.3 Å². The average Bonchev–Trinajstić information content (AvgIpc) is 2.74. The minimum atomic E-state index is -3.86. The summed E-state index contributed by atoms with van der Waals surface area (Å²) in [6.07, 6.45) is 0. The van der Waals surface area contributed by atoms with Gasteiger partial charge >= 0.3 is 0 Å². The molecule has 0 bridgehead atoms. The summed E-state index contributed by atoms with van der Waals surface area (Å²) in [7, 11) is -3.86. The summed E-state index contributed by atoms with van der Waals surface area (Å²) in [5.41, 5.74) is 0.927. The lowest BCUT2D eigenvalue weighted by atomic mass is 10.2. The van der Waals surface area contributed by atoms with Crippen LogP contribution in [0, 0.1) is 5.82 Å². The number of halogens is 2. The van der Waals surface area contributed by atoms with Gasteiger partial charge in [-0.2, -0.15) is 0 Å². The van der Waals surface area contributed by atoms with E-state index in [1.54, 1.807) is 12.1 Å². The van der Waals surface area contributed by atoms with Crippen molar-refractivity contribution in [2.24, 2.45) is 0 Å². The summed E-state index contributed by atoms with van der Waals surface area (Å²) in [6, 6.07) is 9.36. The molecule has 2 aromatic carbocycles. The first kappa shape index (κ1) is 21.8. The second-order valence-corrected chi connectivity index (χ2v) is 9.44. The molecule has 2 N–H and O–H groups in total. The lowest BCUT2D eigenvalue weighted by Crippen LogP contribution is -2.48. The van der Waals surface area contributed by atoms with E-state index in [2.05, 4.69) is 14.9 Å². The Morgan fingerprint density at radius 1 is 1.16 bits per heavy atom. The van der Waals surface area contributed by atoms with Gasteiger partial charge in [-0.1, -0.05) is 23.7 Å². The van der Waals surface area contributed by atoms with E-state index in [0.717, 1.165) is 0 Å². The van der Waals surface area contributed by atoms with E-state index < -0.39 is 10.0 Å². The highest BCUT2D eigenvalue weighted by atomic mass is 35.5. The topological polar surface area (TPSA) is 91.0 Å². The number of benzene rings is 2. The van der Waals surface area contributed by atoms with Gasteiger partial charge in [0.25, 0.3) is 5.91 Å². The van der Waals surface area contributed by atoms with Crippen LogP contribution in [-0.4, -0.2) is 65.1 Å². The Morgan fingerprint density at radius 3 is 2.65 bits per heavy atom. The molecule has 1 saturated heterocycles. The molecule has 8 nitrogen and oxygen atoms in total. The van der Waals surface area contributed by atoms with Gasteiger partial charge in [-0.15, -0.1) is 0 Å². The highest BCUT2D eigenvalue weighted by Crippen LogP contribution is 2.35. The van der Waals surface area contributed by atoms with Crippen molar-refractivity contribution < 1.29 is 22.3 Å². The molecule has 0 unspecified atom stereocenters. The Bertz CT molecular complexity index is 1090. The molecule has 0 spiro atoms. The van der Waals surface area contributed by atoms with Crippen LogP contribution in [0.5, 0.6) is 5.75 Å². The molecule has 1 amide bonds. The molecule has 0 aliphatic carbocycles. The Hall–Kier alpha value is -2.40. The van der Waals surface area contributed by atoms with Gasteiger partial charge in [-0.3, -0.25) is 9.69 Å². The van der Waals surface area contributed by atoms with E-state index >= 15 is 0 Å². The number of sulfonamides is 1. The zero-order chi connectivity index (χ0) is 22.0. The van der Waals surface area contributed by atoms with Gasteiger partial charge in [0.1, 0.15) is 16.5 Å². The number of piperazine rings is 1. The van der Waals surface area contributed by atoms with E-state index in [9.17, 15) is 17.6 Å². The quantitative estimate of drug-likeness (QED) is 0.673. The fourth-order valence-electron chi connectivity index (χ4n) is 3.62. The minimum absolute atomic E-state index is 0.00412. The normalized spacial score (nSPS) is 17.1. The number of ether oxygens (including phenoxy) is 1. The second-order valence-electron chi connectivity index (χ2n) is 7.29. The molecule has 2 aliphatic heterocycles. The highest BCUT2D eigenvalue weighted by Gasteiger charge is 2.25. The van der Waals surface area contributed by atoms with Crippen LogP contribution in [0.2, 0.25) is 5.02 Å². The van der Waals surface area contributed by atoms with E-state index in [0.29, 0.717) is 44.1 Å². The van der Waals surface area contributed by atoms with E-state index in [1.165, 1.54) is 18.2 Å². The maximum Gasteiger partial charge on any atom is 0.262 e. The number of amides is 1.